The van der Waals surface area contributed by atoms with Gasteiger partial charge in [-0.3, -0.25) is 0 Å². The van der Waals surface area contributed by atoms with Gasteiger partial charge in [0.05, 0.1) is 11.2 Å². The van der Waals surface area contributed by atoms with Crippen LogP contribution in [-0.2, 0) is 0 Å². The van der Waals surface area contributed by atoms with Crippen molar-refractivity contribution in [3.63, 3.8) is 0 Å². The number of rotatable bonds is 2. The van der Waals surface area contributed by atoms with Gasteiger partial charge in [0.15, 0.2) is 11.5 Å². The number of hydrogen-bond donors (Lipinski definition) is 1. The molecular weight excluding hydrogens is 298 g/mol. The molecule has 0 saturated heterocycles. The van der Waals surface area contributed by atoms with E-state index in [9.17, 15) is 0 Å². The molecule has 116 valence electrons. The minimum atomic E-state index is 0.286. The van der Waals surface area contributed by atoms with Gasteiger partial charge in [-0.2, -0.15) is 0 Å². The molecule has 0 aliphatic carbocycles. The summed E-state index contributed by atoms with van der Waals surface area (Å²) < 4.78 is 11.1. The van der Waals surface area contributed by atoms with Gasteiger partial charge in [0.1, 0.15) is 0 Å². The lowest BCUT2D eigenvalue weighted by molar-refractivity contribution is 0.174. The molecule has 24 heavy (non-hydrogen) atoms. The van der Waals surface area contributed by atoms with E-state index in [4.69, 9.17) is 9.47 Å². The summed E-state index contributed by atoms with van der Waals surface area (Å²) in [5, 5.41) is 1.14. The lowest BCUT2D eigenvalue weighted by atomic mass is 9.98. The summed E-state index contributed by atoms with van der Waals surface area (Å²) in [6.07, 6.45) is 0. The minimum Gasteiger partial charge on any atom is -0.454 e. The second kappa shape index (κ2) is 5.17. The van der Waals surface area contributed by atoms with Crippen molar-refractivity contribution >= 4 is 10.9 Å². The zero-order valence-electron chi connectivity index (χ0n) is 13.0. The van der Waals surface area contributed by atoms with Gasteiger partial charge in [-0.05, 0) is 17.2 Å². The molecule has 0 spiro atoms. The average Bonchev–Trinajstić information content (AvgIpc) is 3.24. The third-order valence-electron chi connectivity index (χ3n) is 4.42. The summed E-state index contributed by atoms with van der Waals surface area (Å²) in [7, 11) is 0. The smallest absolute Gasteiger partial charge is 0.231 e. The SMILES string of the molecule is c1ccc(-c2[nH]c3cc4c(cc3c2-c2ccccc2)OCO4)cc1. The van der Waals surface area contributed by atoms with E-state index in [2.05, 4.69) is 59.6 Å². The molecule has 3 aromatic carbocycles. The molecular formula is C21H15NO2. The fourth-order valence-electron chi connectivity index (χ4n) is 3.31. The van der Waals surface area contributed by atoms with Crippen molar-refractivity contribution in [3.05, 3.63) is 72.8 Å². The summed E-state index contributed by atoms with van der Waals surface area (Å²) in [4.78, 5) is 3.57. The van der Waals surface area contributed by atoms with Gasteiger partial charge in [-0.15, -0.1) is 0 Å². The van der Waals surface area contributed by atoms with E-state index in [1.54, 1.807) is 0 Å². The Labute approximate surface area is 139 Å². The van der Waals surface area contributed by atoms with Crippen molar-refractivity contribution in [1.29, 1.82) is 0 Å². The van der Waals surface area contributed by atoms with Crippen LogP contribution in [0, 0.1) is 0 Å². The van der Waals surface area contributed by atoms with Crippen LogP contribution >= 0.6 is 0 Å². The first-order valence-corrected chi connectivity index (χ1v) is 7.96. The van der Waals surface area contributed by atoms with Gasteiger partial charge in [0.25, 0.3) is 0 Å². The van der Waals surface area contributed by atoms with E-state index in [0.29, 0.717) is 0 Å². The van der Waals surface area contributed by atoms with Gasteiger partial charge in [0, 0.05) is 17.0 Å². The molecule has 1 N–H and O–H groups in total. The number of hydrogen-bond acceptors (Lipinski definition) is 2. The number of nitrogens with one attached hydrogen (secondary N) is 1. The van der Waals surface area contributed by atoms with E-state index >= 15 is 0 Å². The van der Waals surface area contributed by atoms with Crippen molar-refractivity contribution in [2.75, 3.05) is 6.79 Å². The molecule has 1 aromatic heterocycles. The van der Waals surface area contributed by atoms with Gasteiger partial charge < -0.3 is 14.5 Å². The van der Waals surface area contributed by atoms with Crippen LogP contribution in [0.3, 0.4) is 0 Å². The standard InChI is InChI=1S/C21H15NO2/c1-3-7-14(8-4-1)20-16-11-18-19(24-13-23-18)12-17(16)22-21(20)15-9-5-2-6-10-15/h1-12,22H,13H2. The van der Waals surface area contributed by atoms with Crippen molar-refractivity contribution < 1.29 is 9.47 Å². The van der Waals surface area contributed by atoms with Crippen LogP contribution in [0.25, 0.3) is 33.3 Å². The molecule has 0 amide bonds. The Bertz CT molecular complexity index is 1020. The predicted octanol–water partition coefficient (Wildman–Crippen LogP) is 5.23. The Hall–Kier alpha value is -3.20. The Kier molecular flexibility index (Phi) is 2.85. The molecule has 0 fully saturated rings. The average molecular weight is 313 g/mol. The largest absolute Gasteiger partial charge is 0.454 e. The minimum absolute atomic E-state index is 0.286. The highest BCUT2D eigenvalue weighted by Gasteiger charge is 2.20. The van der Waals surface area contributed by atoms with Crippen LogP contribution in [-0.4, -0.2) is 11.8 Å². The number of H-pyrrole nitrogens is 1. The van der Waals surface area contributed by atoms with Gasteiger partial charge in [-0.25, -0.2) is 0 Å². The van der Waals surface area contributed by atoms with Crippen LogP contribution in [0.5, 0.6) is 11.5 Å². The Morgan fingerprint density at radius 3 is 2.04 bits per heavy atom. The zero-order chi connectivity index (χ0) is 15.9. The molecule has 3 heteroatoms. The van der Waals surface area contributed by atoms with Gasteiger partial charge >= 0.3 is 0 Å². The highest BCUT2D eigenvalue weighted by molar-refractivity contribution is 6.05. The summed E-state index contributed by atoms with van der Waals surface area (Å²) in [6, 6.07) is 24.9. The van der Waals surface area contributed by atoms with E-state index < -0.39 is 0 Å². The number of ether oxygens (including phenoxy) is 2. The monoisotopic (exact) mass is 313 g/mol. The number of aromatic amines is 1. The van der Waals surface area contributed by atoms with Crippen LogP contribution in [0.1, 0.15) is 0 Å². The van der Waals surface area contributed by atoms with Crippen molar-refractivity contribution in [1.82, 2.24) is 4.98 Å². The maximum atomic E-state index is 5.58. The molecule has 1 aliphatic rings. The first kappa shape index (κ1) is 13.3. The first-order chi connectivity index (χ1) is 11.9. The molecule has 2 heterocycles. The molecule has 4 aromatic rings. The fourth-order valence-corrected chi connectivity index (χ4v) is 3.31. The zero-order valence-corrected chi connectivity index (χ0v) is 13.0. The van der Waals surface area contributed by atoms with Crippen LogP contribution in [0.4, 0.5) is 0 Å². The molecule has 1 aliphatic heterocycles. The summed E-state index contributed by atoms with van der Waals surface area (Å²) in [5.41, 5.74) is 5.70. The van der Waals surface area contributed by atoms with Gasteiger partial charge in [0.2, 0.25) is 6.79 Å². The molecule has 3 nitrogen and oxygen atoms in total. The summed E-state index contributed by atoms with van der Waals surface area (Å²) in [5.74, 6) is 1.60. The molecule has 0 radical (unpaired) electrons. The summed E-state index contributed by atoms with van der Waals surface area (Å²) in [6.45, 7) is 0.286. The van der Waals surface area contributed by atoms with Crippen LogP contribution < -0.4 is 9.47 Å². The fraction of sp³-hybridized carbons (Fsp3) is 0.0476. The highest BCUT2D eigenvalue weighted by Crippen LogP contribution is 2.43. The van der Waals surface area contributed by atoms with Crippen molar-refractivity contribution in [2.45, 2.75) is 0 Å². The van der Waals surface area contributed by atoms with Crippen molar-refractivity contribution in [2.24, 2.45) is 0 Å². The maximum Gasteiger partial charge on any atom is 0.231 e. The Morgan fingerprint density at radius 1 is 0.708 bits per heavy atom. The number of aromatic nitrogens is 1. The topological polar surface area (TPSA) is 34.2 Å². The second-order valence-electron chi connectivity index (χ2n) is 5.86. The third kappa shape index (κ3) is 1.98. The van der Waals surface area contributed by atoms with E-state index in [1.807, 2.05) is 18.2 Å². The van der Waals surface area contributed by atoms with E-state index in [0.717, 1.165) is 33.7 Å². The molecule has 0 atom stereocenters. The quantitative estimate of drug-likeness (QED) is 0.550. The lowest BCUT2D eigenvalue weighted by Gasteiger charge is -2.06. The number of benzene rings is 3. The Balaban J connectivity index is 1.85. The highest BCUT2D eigenvalue weighted by atomic mass is 16.7. The predicted molar refractivity (Wildman–Crippen MR) is 95.3 cm³/mol. The van der Waals surface area contributed by atoms with E-state index in [-0.39, 0.29) is 6.79 Å². The third-order valence-corrected chi connectivity index (χ3v) is 4.42. The lowest BCUT2D eigenvalue weighted by Crippen LogP contribution is -1.92. The second-order valence-corrected chi connectivity index (χ2v) is 5.86. The maximum absolute atomic E-state index is 5.58. The first-order valence-electron chi connectivity index (χ1n) is 7.96. The van der Waals surface area contributed by atoms with Crippen LogP contribution in [0.15, 0.2) is 72.8 Å². The summed E-state index contributed by atoms with van der Waals surface area (Å²) >= 11 is 0. The molecule has 0 saturated carbocycles. The van der Waals surface area contributed by atoms with Crippen LogP contribution in [0.2, 0.25) is 0 Å². The molecule has 5 rings (SSSR count). The van der Waals surface area contributed by atoms with Gasteiger partial charge in [-0.1, -0.05) is 60.7 Å². The number of fused-ring (bicyclic) bond motifs is 2. The normalized spacial score (nSPS) is 12.7. The molecule has 0 bridgehead atoms. The Morgan fingerprint density at radius 2 is 1.33 bits per heavy atom. The van der Waals surface area contributed by atoms with Crippen molar-refractivity contribution in [3.8, 4) is 33.9 Å². The van der Waals surface area contributed by atoms with E-state index in [1.165, 1.54) is 11.1 Å². The molecule has 0 unspecified atom stereocenters.